The Kier molecular flexibility index (Phi) is 7.99. The molecule has 1 saturated heterocycles. The number of benzene rings is 1. The van der Waals surface area contributed by atoms with Gasteiger partial charge in [0, 0.05) is 44.2 Å². The molecule has 0 aromatic heterocycles. The Bertz CT molecular complexity index is 604. The molecule has 1 fully saturated rings. The zero-order valence-electron chi connectivity index (χ0n) is 14.9. The van der Waals surface area contributed by atoms with E-state index in [0.717, 1.165) is 0 Å². The third-order valence-electron chi connectivity index (χ3n) is 4.28. The number of hydrogen-bond acceptors (Lipinski definition) is 5. The van der Waals surface area contributed by atoms with Gasteiger partial charge in [0.25, 0.3) is 5.91 Å². The smallest absolute Gasteiger partial charge is 0.254 e. The topological polar surface area (TPSA) is 85.1 Å². The minimum absolute atomic E-state index is 0. The fourth-order valence-corrected chi connectivity index (χ4v) is 2.69. The van der Waals surface area contributed by atoms with Crippen LogP contribution in [0.1, 0.15) is 17.3 Å². The van der Waals surface area contributed by atoms with E-state index in [2.05, 4.69) is 0 Å². The summed E-state index contributed by atoms with van der Waals surface area (Å²) in [7, 11) is 3.09. The first-order chi connectivity index (χ1) is 11.5. The lowest BCUT2D eigenvalue weighted by Crippen LogP contribution is -2.52. The van der Waals surface area contributed by atoms with Crippen molar-refractivity contribution in [3.63, 3.8) is 0 Å². The summed E-state index contributed by atoms with van der Waals surface area (Å²) in [5.41, 5.74) is 6.09. The van der Waals surface area contributed by atoms with Gasteiger partial charge in [-0.05, 0) is 18.2 Å². The van der Waals surface area contributed by atoms with E-state index in [-0.39, 0.29) is 30.1 Å². The van der Waals surface area contributed by atoms with E-state index in [9.17, 15) is 9.59 Å². The second kappa shape index (κ2) is 9.48. The van der Waals surface area contributed by atoms with Gasteiger partial charge in [0.2, 0.25) is 5.91 Å². The zero-order chi connectivity index (χ0) is 17.7. The third-order valence-corrected chi connectivity index (χ3v) is 4.28. The lowest BCUT2D eigenvalue weighted by Gasteiger charge is -2.36. The molecule has 1 atom stereocenters. The Labute approximate surface area is 154 Å². The number of ether oxygens (including phenoxy) is 2. The monoisotopic (exact) mass is 371 g/mol. The van der Waals surface area contributed by atoms with Gasteiger partial charge in [-0.3, -0.25) is 9.59 Å². The summed E-state index contributed by atoms with van der Waals surface area (Å²) in [6.07, 6.45) is 0. The molecule has 1 aromatic rings. The molecule has 1 heterocycles. The molecule has 0 spiro atoms. The van der Waals surface area contributed by atoms with Gasteiger partial charge in [0.1, 0.15) is 0 Å². The van der Waals surface area contributed by atoms with Crippen LogP contribution in [0.15, 0.2) is 18.2 Å². The van der Waals surface area contributed by atoms with Crippen LogP contribution in [0.25, 0.3) is 0 Å². The lowest BCUT2D eigenvalue weighted by molar-refractivity contribution is -0.136. The fourth-order valence-electron chi connectivity index (χ4n) is 2.69. The van der Waals surface area contributed by atoms with E-state index in [0.29, 0.717) is 49.8 Å². The second-order valence-electron chi connectivity index (χ2n) is 5.82. The number of amides is 2. The number of piperazine rings is 1. The molecule has 1 aliphatic heterocycles. The largest absolute Gasteiger partial charge is 0.493 e. The van der Waals surface area contributed by atoms with Gasteiger partial charge in [-0.2, -0.15) is 0 Å². The summed E-state index contributed by atoms with van der Waals surface area (Å²) >= 11 is 0. The van der Waals surface area contributed by atoms with Gasteiger partial charge >= 0.3 is 0 Å². The normalized spacial score (nSPS) is 15.2. The van der Waals surface area contributed by atoms with Crippen molar-refractivity contribution in [3.05, 3.63) is 23.8 Å². The molecule has 2 N–H and O–H groups in total. The molecule has 25 heavy (non-hydrogen) atoms. The number of methoxy groups -OCH3 is 2. The van der Waals surface area contributed by atoms with Crippen LogP contribution in [0.4, 0.5) is 0 Å². The van der Waals surface area contributed by atoms with Crippen LogP contribution in [0.3, 0.4) is 0 Å². The molecule has 2 rings (SSSR count). The first kappa shape index (κ1) is 21.1. The van der Waals surface area contributed by atoms with Crippen molar-refractivity contribution in [1.82, 2.24) is 9.80 Å². The number of carbonyl (C=O) groups excluding carboxylic acids is 2. The summed E-state index contributed by atoms with van der Waals surface area (Å²) in [5, 5.41) is 0. The molecule has 0 bridgehead atoms. The van der Waals surface area contributed by atoms with Gasteiger partial charge in [-0.1, -0.05) is 6.92 Å². The molecule has 140 valence electrons. The van der Waals surface area contributed by atoms with Crippen LogP contribution in [0, 0.1) is 5.92 Å². The van der Waals surface area contributed by atoms with Gasteiger partial charge in [-0.15, -0.1) is 12.4 Å². The fraction of sp³-hybridized carbons (Fsp3) is 0.529. The van der Waals surface area contributed by atoms with E-state index in [1.54, 1.807) is 35.1 Å². The van der Waals surface area contributed by atoms with Crippen LogP contribution in [-0.4, -0.2) is 68.6 Å². The van der Waals surface area contributed by atoms with E-state index in [1.807, 2.05) is 6.92 Å². The van der Waals surface area contributed by atoms with E-state index in [1.165, 1.54) is 7.11 Å². The maximum atomic E-state index is 12.6. The van der Waals surface area contributed by atoms with Crippen LogP contribution in [0.5, 0.6) is 11.5 Å². The van der Waals surface area contributed by atoms with Gasteiger partial charge < -0.3 is 25.0 Å². The first-order valence-corrected chi connectivity index (χ1v) is 8.02. The highest BCUT2D eigenvalue weighted by molar-refractivity contribution is 5.95. The highest BCUT2D eigenvalue weighted by atomic mass is 35.5. The highest BCUT2D eigenvalue weighted by Gasteiger charge is 2.27. The average Bonchev–Trinajstić information content (AvgIpc) is 2.65. The second-order valence-corrected chi connectivity index (χ2v) is 5.82. The third kappa shape index (κ3) is 4.76. The molecular formula is C17H26ClN3O4. The Hall–Kier alpha value is -1.99. The number of nitrogens with two attached hydrogens (primary N) is 1. The number of hydrogen-bond donors (Lipinski definition) is 1. The van der Waals surface area contributed by atoms with Crippen molar-refractivity contribution in [3.8, 4) is 11.5 Å². The van der Waals surface area contributed by atoms with Crippen molar-refractivity contribution < 1.29 is 19.1 Å². The predicted octanol–water partition coefficient (Wildman–Crippen LogP) is 1.00. The predicted molar refractivity (Wildman–Crippen MR) is 97.5 cm³/mol. The van der Waals surface area contributed by atoms with Crippen LogP contribution in [-0.2, 0) is 4.79 Å². The zero-order valence-corrected chi connectivity index (χ0v) is 15.7. The van der Waals surface area contributed by atoms with E-state index >= 15 is 0 Å². The molecule has 1 aliphatic rings. The van der Waals surface area contributed by atoms with Gasteiger partial charge in [0.05, 0.1) is 14.2 Å². The minimum atomic E-state index is -0.182. The maximum Gasteiger partial charge on any atom is 0.254 e. The molecule has 0 aliphatic carbocycles. The molecule has 1 aromatic carbocycles. The van der Waals surface area contributed by atoms with Crippen LogP contribution in [0.2, 0.25) is 0 Å². The summed E-state index contributed by atoms with van der Waals surface area (Å²) in [6.45, 7) is 4.24. The van der Waals surface area contributed by atoms with Crippen molar-refractivity contribution in [2.75, 3.05) is 46.9 Å². The average molecular weight is 372 g/mol. The quantitative estimate of drug-likeness (QED) is 0.834. The molecular weight excluding hydrogens is 346 g/mol. The number of nitrogens with zero attached hydrogens (tertiary/aromatic N) is 2. The summed E-state index contributed by atoms with van der Waals surface area (Å²) in [4.78, 5) is 28.3. The Balaban J connectivity index is 0.00000312. The van der Waals surface area contributed by atoms with Crippen molar-refractivity contribution in [1.29, 1.82) is 0 Å². The molecule has 8 heteroatoms. The standard InChI is InChI=1S/C17H25N3O4.ClH/c1-12(11-18)16(21)19-6-8-20(9-7-19)17(22)13-4-5-14(23-2)15(10-13)24-3;/h4-5,10,12H,6-9,11,18H2,1-3H3;1H. The highest BCUT2D eigenvalue weighted by Crippen LogP contribution is 2.28. The number of rotatable bonds is 5. The minimum Gasteiger partial charge on any atom is -0.493 e. The van der Waals surface area contributed by atoms with E-state index in [4.69, 9.17) is 15.2 Å². The van der Waals surface area contributed by atoms with Crippen molar-refractivity contribution in [2.45, 2.75) is 6.92 Å². The Morgan fingerprint density at radius 1 is 1.08 bits per heavy atom. The molecule has 1 unspecified atom stereocenters. The van der Waals surface area contributed by atoms with Crippen LogP contribution < -0.4 is 15.2 Å². The van der Waals surface area contributed by atoms with Crippen molar-refractivity contribution in [2.24, 2.45) is 11.7 Å². The Morgan fingerprint density at radius 2 is 1.64 bits per heavy atom. The molecule has 0 radical (unpaired) electrons. The first-order valence-electron chi connectivity index (χ1n) is 8.02. The van der Waals surface area contributed by atoms with Gasteiger partial charge in [-0.25, -0.2) is 0 Å². The number of carbonyl (C=O) groups is 2. The molecule has 2 amide bonds. The van der Waals surface area contributed by atoms with Gasteiger partial charge in [0.15, 0.2) is 11.5 Å². The maximum absolute atomic E-state index is 12.6. The summed E-state index contributed by atoms with van der Waals surface area (Å²) in [5.74, 6) is 0.901. The number of halogens is 1. The summed E-state index contributed by atoms with van der Waals surface area (Å²) < 4.78 is 10.4. The lowest BCUT2D eigenvalue weighted by atomic mass is 10.1. The van der Waals surface area contributed by atoms with Crippen molar-refractivity contribution >= 4 is 24.2 Å². The molecule has 0 saturated carbocycles. The van der Waals surface area contributed by atoms with E-state index < -0.39 is 0 Å². The summed E-state index contributed by atoms with van der Waals surface area (Å²) in [6, 6.07) is 5.11. The molecule has 7 nitrogen and oxygen atoms in total. The van der Waals surface area contributed by atoms with Crippen LogP contribution >= 0.6 is 12.4 Å². The Morgan fingerprint density at radius 3 is 2.16 bits per heavy atom. The SMILES string of the molecule is COc1ccc(C(=O)N2CCN(C(=O)C(C)CN)CC2)cc1OC.Cl.